The molecule has 2 aromatic rings. The maximum Gasteiger partial charge on any atom is 0.170 e. The van der Waals surface area contributed by atoms with Crippen LogP contribution < -0.4 is 4.90 Å². The molecule has 1 nitrogen and oxygen atoms in total. The molecule has 0 fully saturated rings. The van der Waals surface area contributed by atoms with Gasteiger partial charge in [0.25, 0.3) is 0 Å². The van der Waals surface area contributed by atoms with Crippen LogP contribution in [0.2, 0.25) is 0 Å². The molecule has 0 heterocycles. The van der Waals surface area contributed by atoms with Crippen LogP contribution in [-0.2, 0) is 4.33 Å². The Morgan fingerprint density at radius 3 is 2.00 bits per heavy atom. The molecular weight excluding hydrogens is 265 g/mol. The Morgan fingerprint density at radius 2 is 1.39 bits per heavy atom. The molecule has 0 aliphatic rings. The van der Waals surface area contributed by atoms with Crippen molar-refractivity contribution in [2.45, 2.75) is 4.33 Å². The zero-order valence-electron chi connectivity index (χ0n) is 10.4. The van der Waals surface area contributed by atoms with E-state index in [2.05, 4.69) is 0 Å². The van der Waals surface area contributed by atoms with Crippen molar-refractivity contribution in [3.8, 4) is 0 Å². The topological polar surface area (TPSA) is 3.24 Å². The smallest absolute Gasteiger partial charge is 0.170 e. The Hall–Kier alpha value is -1.18. The standard InChI is InChI=1S/C15H15Cl2N/c1-18(2)14-11-7-6-10-13(14)15(16,17)12-8-4-3-5-9-12/h3-11H,1-2H3. The van der Waals surface area contributed by atoms with Crippen molar-refractivity contribution in [1.82, 2.24) is 0 Å². The summed E-state index contributed by atoms with van der Waals surface area (Å²) in [6.45, 7) is 0. The van der Waals surface area contributed by atoms with E-state index in [1.807, 2.05) is 73.6 Å². The summed E-state index contributed by atoms with van der Waals surface area (Å²) in [5.74, 6) is 0. The van der Waals surface area contributed by atoms with Gasteiger partial charge in [0.05, 0.1) is 0 Å². The van der Waals surface area contributed by atoms with Gasteiger partial charge in [-0.3, -0.25) is 0 Å². The number of benzene rings is 2. The molecule has 2 aromatic carbocycles. The second-order valence-electron chi connectivity index (χ2n) is 4.35. The second-order valence-corrected chi connectivity index (χ2v) is 5.68. The van der Waals surface area contributed by atoms with Crippen molar-refractivity contribution in [3.63, 3.8) is 0 Å². The summed E-state index contributed by atoms with van der Waals surface area (Å²) in [7, 11) is 3.96. The number of para-hydroxylation sites is 1. The van der Waals surface area contributed by atoms with E-state index in [0.717, 1.165) is 16.8 Å². The lowest BCUT2D eigenvalue weighted by atomic mass is 10.0. The predicted octanol–water partition coefficient (Wildman–Crippen LogP) is 4.43. The van der Waals surface area contributed by atoms with Crippen molar-refractivity contribution in [2.75, 3.05) is 19.0 Å². The molecule has 18 heavy (non-hydrogen) atoms. The van der Waals surface area contributed by atoms with E-state index in [9.17, 15) is 0 Å². The monoisotopic (exact) mass is 279 g/mol. The Bertz CT molecular complexity index is 521. The molecule has 0 atom stereocenters. The number of halogens is 2. The van der Waals surface area contributed by atoms with Crippen molar-refractivity contribution in [3.05, 3.63) is 65.7 Å². The van der Waals surface area contributed by atoms with Crippen molar-refractivity contribution in [2.24, 2.45) is 0 Å². The maximum absolute atomic E-state index is 6.57. The number of nitrogens with zero attached hydrogens (tertiary/aromatic N) is 1. The third kappa shape index (κ3) is 2.47. The fraction of sp³-hybridized carbons (Fsp3) is 0.200. The van der Waals surface area contributed by atoms with Gasteiger partial charge in [0.1, 0.15) is 0 Å². The first-order valence-corrected chi connectivity index (χ1v) is 6.49. The molecule has 0 amide bonds. The van der Waals surface area contributed by atoms with E-state index >= 15 is 0 Å². The van der Waals surface area contributed by atoms with Gasteiger partial charge >= 0.3 is 0 Å². The van der Waals surface area contributed by atoms with E-state index in [0.29, 0.717) is 0 Å². The lowest BCUT2D eigenvalue weighted by molar-refractivity contribution is 1.00. The van der Waals surface area contributed by atoms with Gasteiger partial charge in [-0.15, -0.1) is 0 Å². The molecule has 0 radical (unpaired) electrons. The minimum Gasteiger partial charge on any atom is -0.377 e. The molecule has 0 N–H and O–H groups in total. The van der Waals surface area contributed by atoms with Gasteiger partial charge in [-0.2, -0.15) is 0 Å². The lowest BCUT2D eigenvalue weighted by Crippen LogP contribution is -2.19. The highest BCUT2D eigenvalue weighted by molar-refractivity contribution is 6.50. The van der Waals surface area contributed by atoms with Crippen molar-refractivity contribution in [1.29, 1.82) is 0 Å². The first-order chi connectivity index (χ1) is 8.53. The molecule has 0 unspecified atom stereocenters. The van der Waals surface area contributed by atoms with Gasteiger partial charge < -0.3 is 4.90 Å². The summed E-state index contributed by atoms with van der Waals surface area (Å²) in [6.07, 6.45) is 0. The van der Waals surface area contributed by atoms with Crippen LogP contribution in [0.3, 0.4) is 0 Å². The van der Waals surface area contributed by atoms with Crippen LogP contribution in [0.5, 0.6) is 0 Å². The zero-order valence-corrected chi connectivity index (χ0v) is 11.9. The van der Waals surface area contributed by atoms with E-state index in [1.165, 1.54) is 0 Å². The van der Waals surface area contributed by atoms with Gasteiger partial charge in [-0.05, 0) is 11.6 Å². The molecule has 0 aliphatic carbocycles. The van der Waals surface area contributed by atoms with Crippen LogP contribution in [0, 0.1) is 0 Å². The summed E-state index contributed by atoms with van der Waals surface area (Å²) in [6, 6.07) is 17.6. The number of alkyl halides is 2. The largest absolute Gasteiger partial charge is 0.377 e. The number of hydrogen-bond donors (Lipinski definition) is 0. The van der Waals surface area contributed by atoms with Crippen molar-refractivity contribution >= 4 is 28.9 Å². The SMILES string of the molecule is CN(C)c1ccccc1C(Cl)(Cl)c1ccccc1. The summed E-state index contributed by atoms with van der Waals surface area (Å²) >= 11 is 13.1. The minimum absolute atomic E-state index is 0.877. The molecule has 0 bridgehead atoms. The molecule has 2 rings (SSSR count). The van der Waals surface area contributed by atoms with Crippen LogP contribution in [0.25, 0.3) is 0 Å². The highest BCUT2D eigenvalue weighted by Gasteiger charge is 2.31. The molecule has 94 valence electrons. The average molecular weight is 280 g/mol. The Kier molecular flexibility index (Phi) is 3.84. The Labute approximate surface area is 118 Å². The third-order valence-electron chi connectivity index (χ3n) is 2.86. The van der Waals surface area contributed by atoms with E-state index in [4.69, 9.17) is 23.2 Å². The van der Waals surface area contributed by atoms with Crippen LogP contribution in [0.4, 0.5) is 5.69 Å². The molecule has 0 saturated heterocycles. The summed E-state index contributed by atoms with van der Waals surface area (Å²) < 4.78 is -1.04. The molecule has 0 saturated carbocycles. The van der Waals surface area contributed by atoms with Gasteiger partial charge in [-0.25, -0.2) is 0 Å². The van der Waals surface area contributed by atoms with Gasteiger partial charge in [0.2, 0.25) is 0 Å². The third-order valence-corrected chi connectivity index (χ3v) is 3.70. The summed E-state index contributed by atoms with van der Waals surface area (Å²) in [4.78, 5) is 2.01. The van der Waals surface area contributed by atoms with Crippen LogP contribution >= 0.6 is 23.2 Å². The molecule has 0 aliphatic heterocycles. The molecule has 0 spiro atoms. The first-order valence-electron chi connectivity index (χ1n) is 5.73. The number of anilines is 1. The van der Waals surface area contributed by atoms with Crippen molar-refractivity contribution < 1.29 is 0 Å². The minimum atomic E-state index is -1.04. The zero-order chi connectivity index (χ0) is 13.2. The van der Waals surface area contributed by atoms with E-state index in [1.54, 1.807) is 0 Å². The Morgan fingerprint density at radius 1 is 0.833 bits per heavy atom. The maximum atomic E-state index is 6.57. The van der Waals surface area contributed by atoms with Crippen LogP contribution in [0.15, 0.2) is 54.6 Å². The second kappa shape index (κ2) is 5.21. The number of hydrogen-bond acceptors (Lipinski definition) is 1. The van der Waals surface area contributed by atoms with Crippen LogP contribution in [-0.4, -0.2) is 14.1 Å². The van der Waals surface area contributed by atoms with Gasteiger partial charge in [-0.1, -0.05) is 71.7 Å². The summed E-state index contributed by atoms with van der Waals surface area (Å²) in [5.41, 5.74) is 2.79. The van der Waals surface area contributed by atoms with Crippen LogP contribution in [0.1, 0.15) is 11.1 Å². The Balaban J connectivity index is 2.54. The fourth-order valence-electron chi connectivity index (χ4n) is 1.93. The van der Waals surface area contributed by atoms with Gasteiger partial charge in [0, 0.05) is 25.3 Å². The quantitative estimate of drug-likeness (QED) is 0.752. The number of rotatable bonds is 3. The van der Waals surface area contributed by atoms with E-state index in [-0.39, 0.29) is 0 Å². The summed E-state index contributed by atoms with van der Waals surface area (Å²) in [5, 5.41) is 0. The first kappa shape index (κ1) is 13.3. The fourth-order valence-corrected chi connectivity index (χ4v) is 2.50. The van der Waals surface area contributed by atoms with E-state index < -0.39 is 4.33 Å². The molecule has 3 heteroatoms. The highest BCUT2D eigenvalue weighted by atomic mass is 35.5. The van der Waals surface area contributed by atoms with Gasteiger partial charge in [0.15, 0.2) is 4.33 Å². The average Bonchev–Trinajstić information content (AvgIpc) is 2.39. The normalized spacial score (nSPS) is 11.3. The predicted molar refractivity (Wildman–Crippen MR) is 79.7 cm³/mol. The molecule has 0 aromatic heterocycles. The highest BCUT2D eigenvalue weighted by Crippen LogP contribution is 2.44. The molecular formula is C15H15Cl2N. The lowest BCUT2D eigenvalue weighted by Gasteiger charge is -2.26.